The van der Waals surface area contributed by atoms with Gasteiger partial charge in [0.25, 0.3) is 11.5 Å². The van der Waals surface area contributed by atoms with Crippen molar-refractivity contribution in [2.75, 3.05) is 12.4 Å². The summed E-state index contributed by atoms with van der Waals surface area (Å²) in [6.45, 7) is 3.75. The molecule has 4 aromatic rings. The molecule has 1 N–H and O–H groups in total. The van der Waals surface area contributed by atoms with E-state index >= 15 is 0 Å². The van der Waals surface area contributed by atoms with E-state index in [1.54, 1.807) is 29.5 Å². The number of methoxy groups -OCH3 is 1. The first-order valence-corrected chi connectivity index (χ1v) is 12.2. The molecule has 1 aliphatic heterocycles. The van der Waals surface area contributed by atoms with Crippen molar-refractivity contribution in [2.45, 2.75) is 19.9 Å². The summed E-state index contributed by atoms with van der Waals surface area (Å²) in [5, 5.41) is 7.23. The Balaban J connectivity index is 1.68. The third kappa shape index (κ3) is 4.18. The van der Waals surface area contributed by atoms with Crippen LogP contribution in [0.15, 0.2) is 81.9 Å². The fourth-order valence-corrected chi connectivity index (χ4v) is 5.27. The minimum atomic E-state index is -0.645. The van der Waals surface area contributed by atoms with Gasteiger partial charge in [-0.2, -0.15) is 5.10 Å². The summed E-state index contributed by atoms with van der Waals surface area (Å²) in [5.74, 6) is 0.384. The minimum absolute atomic E-state index is 0.208. The average Bonchev–Trinajstić information content (AvgIpc) is 3.36. The molecule has 0 spiro atoms. The number of aromatic nitrogens is 3. The van der Waals surface area contributed by atoms with Crippen molar-refractivity contribution in [1.82, 2.24) is 14.3 Å². The summed E-state index contributed by atoms with van der Waals surface area (Å²) in [7, 11) is 3.46. The van der Waals surface area contributed by atoms with Crippen LogP contribution in [0.2, 0.25) is 0 Å². The SMILES string of the molecule is COc1ccc(C2C(C(=O)Nc3ccccc3)=C(C)N=c3s/c(=C\c4cnn(C)c4C)c(=O)n32)cc1. The highest BCUT2D eigenvalue weighted by molar-refractivity contribution is 7.07. The summed E-state index contributed by atoms with van der Waals surface area (Å²) in [6.07, 6.45) is 3.57. The summed E-state index contributed by atoms with van der Waals surface area (Å²) in [4.78, 5) is 32.5. The number of fused-ring (bicyclic) bond motifs is 1. The van der Waals surface area contributed by atoms with E-state index in [0.29, 0.717) is 32.0 Å². The van der Waals surface area contributed by atoms with Crippen LogP contribution in [0.4, 0.5) is 5.69 Å². The van der Waals surface area contributed by atoms with Gasteiger partial charge in [-0.05, 0) is 49.8 Å². The number of nitrogens with one attached hydrogen (secondary N) is 1. The first-order valence-electron chi connectivity index (χ1n) is 11.4. The fraction of sp³-hybridized carbons (Fsp3) is 0.185. The molecule has 36 heavy (non-hydrogen) atoms. The van der Waals surface area contributed by atoms with E-state index in [2.05, 4.69) is 15.4 Å². The molecular formula is C27H25N5O3S. The lowest BCUT2D eigenvalue weighted by Gasteiger charge is -2.25. The van der Waals surface area contributed by atoms with Crippen molar-refractivity contribution in [3.8, 4) is 5.75 Å². The van der Waals surface area contributed by atoms with Crippen LogP contribution in [-0.4, -0.2) is 27.4 Å². The molecule has 1 unspecified atom stereocenters. The number of benzene rings is 2. The van der Waals surface area contributed by atoms with E-state index in [1.807, 2.05) is 74.6 Å². The van der Waals surface area contributed by atoms with Gasteiger partial charge >= 0.3 is 0 Å². The van der Waals surface area contributed by atoms with Gasteiger partial charge < -0.3 is 10.1 Å². The third-order valence-corrected chi connectivity index (χ3v) is 7.27. The van der Waals surface area contributed by atoms with Gasteiger partial charge in [-0.1, -0.05) is 41.7 Å². The molecule has 0 saturated heterocycles. The molecule has 0 bridgehead atoms. The standard InChI is InChI=1S/C27H25N5O3S/c1-16-23(25(33)30-20-8-6-5-7-9-20)24(18-10-12-21(35-4)13-11-18)32-26(34)22(36-27(32)29-16)14-19-15-28-31(3)17(19)2/h5-15,24H,1-4H3,(H,30,33)/b22-14-. The number of anilines is 1. The monoisotopic (exact) mass is 499 g/mol. The molecule has 182 valence electrons. The number of hydrogen-bond acceptors (Lipinski definition) is 6. The molecule has 2 aromatic heterocycles. The zero-order valence-corrected chi connectivity index (χ0v) is 21.2. The van der Waals surface area contributed by atoms with E-state index in [4.69, 9.17) is 4.74 Å². The molecule has 0 aliphatic carbocycles. The predicted molar refractivity (Wildman–Crippen MR) is 140 cm³/mol. The second kappa shape index (κ2) is 9.43. The normalized spacial score (nSPS) is 15.4. The van der Waals surface area contributed by atoms with Crippen LogP contribution in [0, 0.1) is 6.92 Å². The van der Waals surface area contributed by atoms with E-state index in [-0.39, 0.29) is 11.5 Å². The number of hydrogen-bond donors (Lipinski definition) is 1. The lowest BCUT2D eigenvalue weighted by Crippen LogP contribution is -2.40. The molecule has 8 nitrogen and oxygen atoms in total. The van der Waals surface area contributed by atoms with Crippen molar-refractivity contribution in [2.24, 2.45) is 12.0 Å². The van der Waals surface area contributed by atoms with Gasteiger partial charge in [0.2, 0.25) is 0 Å². The van der Waals surface area contributed by atoms with Crippen LogP contribution in [0.25, 0.3) is 6.08 Å². The van der Waals surface area contributed by atoms with E-state index in [1.165, 1.54) is 11.3 Å². The highest BCUT2D eigenvalue weighted by atomic mass is 32.1. The number of thiazole rings is 1. The Kier molecular flexibility index (Phi) is 6.15. The lowest BCUT2D eigenvalue weighted by molar-refractivity contribution is -0.113. The Morgan fingerprint density at radius 1 is 1.11 bits per heavy atom. The highest BCUT2D eigenvalue weighted by Gasteiger charge is 2.32. The van der Waals surface area contributed by atoms with Crippen LogP contribution < -0.4 is 24.9 Å². The van der Waals surface area contributed by atoms with Crippen LogP contribution in [0.3, 0.4) is 0 Å². The summed E-state index contributed by atoms with van der Waals surface area (Å²) in [6, 6.07) is 16.0. The van der Waals surface area contributed by atoms with Crippen molar-refractivity contribution < 1.29 is 9.53 Å². The number of carbonyl (C=O) groups is 1. The van der Waals surface area contributed by atoms with Crippen molar-refractivity contribution in [3.05, 3.63) is 109 Å². The Labute approximate surface area is 211 Å². The molecule has 0 radical (unpaired) electrons. The van der Waals surface area contributed by atoms with Crippen LogP contribution >= 0.6 is 11.3 Å². The second-order valence-electron chi connectivity index (χ2n) is 8.48. The van der Waals surface area contributed by atoms with E-state index < -0.39 is 6.04 Å². The zero-order valence-electron chi connectivity index (χ0n) is 20.4. The van der Waals surface area contributed by atoms with Gasteiger partial charge in [0.05, 0.1) is 35.2 Å². The molecule has 0 fully saturated rings. The number of carbonyl (C=O) groups excluding carboxylic acids is 1. The van der Waals surface area contributed by atoms with Gasteiger partial charge in [0, 0.05) is 24.0 Å². The number of nitrogens with zero attached hydrogens (tertiary/aromatic N) is 4. The van der Waals surface area contributed by atoms with Gasteiger partial charge in [0.1, 0.15) is 5.75 Å². The number of ether oxygens (including phenoxy) is 1. The van der Waals surface area contributed by atoms with Crippen LogP contribution in [0.5, 0.6) is 5.75 Å². The largest absolute Gasteiger partial charge is 0.497 e. The van der Waals surface area contributed by atoms with Crippen LogP contribution in [-0.2, 0) is 11.8 Å². The van der Waals surface area contributed by atoms with Gasteiger partial charge in [-0.15, -0.1) is 0 Å². The predicted octanol–water partition coefficient (Wildman–Crippen LogP) is 2.92. The Bertz CT molecular complexity index is 1660. The maximum atomic E-state index is 13.8. The molecule has 2 aromatic carbocycles. The Hall–Kier alpha value is -4.24. The Morgan fingerprint density at radius 2 is 1.83 bits per heavy atom. The number of amides is 1. The molecule has 0 saturated carbocycles. The highest BCUT2D eigenvalue weighted by Crippen LogP contribution is 2.31. The molecule has 5 rings (SSSR count). The summed E-state index contributed by atoms with van der Waals surface area (Å²) in [5.41, 5.74) is 4.04. The zero-order chi connectivity index (χ0) is 25.4. The summed E-state index contributed by atoms with van der Waals surface area (Å²) < 4.78 is 9.22. The van der Waals surface area contributed by atoms with Gasteiger partial charge in [-0.3, -0.25) is 18.8 Å². The first-order chi connectivity index (χ1) is 17.4. The number of aryl methyl sites for hydroxylation is 1. The molecule has 9 heteroatoms. The molecule has 1 amide bonds. The maximum Gasteiger partial charge on any atom is 0.271 e. The maximum absolute atomic E-state index is 13.8. The molecule has 1 aliphatic rings. The van der Waals surface area contributed by atoms with Crippen molar-refractivity contribution >= 4 is 29.0 Å². The summed E-state index contributed by atoms with van der Waals surface area (Å²) >= 11 is 1.30. The van der Waals surface area contributed by atoms with Crippen LogP contribution in [0.1, 0.15) is 29.8 Å². The second-order valence-corrected chi connectivity index (χ2v) is 9.49. The van der Waals surface area contributed by atoms with E-state index in [9.17, 15) is 9.59 Å². The number of rotatable bonds is 5. The van der Waals surface area contributed by atoms with E-state index in [0.717, 1.165) is 16.8 Å². The first kappa shape index (κ1) is 23.5. The molecule has 1 atom stereocenters. The van der Waals surface area contributed by atoms with Gasteiger partial charge in [0.15, 0.2) is 4.80 Å². The molecule has 3 heterocycles. The van der Waals surface area contributed by atoms with Gasteiger partial charge in [-0.25, -0.2) is 4.99 Å². The molecular weight excluding hydrogens is 474 g/mol. The Morgan fingerprint density at radius 3 is 2.47 bits per heavy atom. The lowest BCUT2D eigenvalue weighted by atomic mass is 9.95. The fourth-order valence-electron chi connectivity index (χ4n) is 4.23. The minimum Gasteiger partial charge on any atom is -0.497 e. The number of para-hydroxylation sites is 1. The third-order valence-electron chi connectivity index (χ3n) is 6.29. The van der Waals surface area contributed by atoms with Crippen molar-refractivity contribution in [1.29, 1.82) is 0 Å². The smallest absolute Gasteiger partial charge is 0.271 e. The number of allylic oxidation sites excluding steroid dienone is 1. The van der Waals surface area contributed by atoms with Crippen molar-refractivity contribution in [3.63, 3.8) is 0 Å². The topological polar surface area (TPSA) is 90.5 Å². The average molecular weight is 500 g/mol. The quantitative estimate of drug-likeness (QED) is 0.457.